The van der Waals surface area contributed by atoms with E-state index >= 15 is 4.39 Å². The van der Waals surface area contributed by atoms with Crippen molar-refractivity contribution in [2.45, 2.75) is 51.4 Å². The molecule has 1 aromatic heterocycles. The number of fused-ring (bicyclic) bond motifs is 1. The lowest BCUT2D eigenvalue weighted by Gasteiger charge is -2.40. The summed E-state index contributed by atoms with van der Waals surface area (Å²) < 4.78 is 77.5. The average Bonchev–Trinajstić information content (AvgIpc) is 3.18. The molecule has 13 heteroatoms. The minimum atomic E-state index is -5.07. The van der Waals surface area contributed by atoms with Crippen molar-refractivity contribution in [1.29, 1.82) is 0 Å². The zero-order chi connectivity index (χ0) is 28.2. The highest BCUT2D eigenvalue weighted by Gasteiger charge is 2.42. The Balaban J connectivity index is 1.83. The lowest BCUT2D eigenvalue weighted by Crippen LogP contribution is -2.59. The number of hydrogen-bond acceptors (Lipinski definition) is 4. The normalized spacial score (nSPS) is 19.7. The summed E-state index contributed by atoms with van der Waals surface area (Å²) in [5, 5.41) is 2.89. The third kappa shape index (κ3) is 4.92. The summed E-state index contributed by atoms with van der Waals surface area (Å²) >= 11 is 0. The summed E-state index contributed by atoms with van der Waals surface area (Å²) in [6.45, 7) is 6.39. The van der Waals surface area contributed by atoms with Gasteiger partial charge >= 0.3 is 12.3 Å². The van der Waals surface area contributed by atoms with Gasteiger partial charge in [0, 0.05) is 12.6 Å². The molecule has 38 heavy (non-hydrogen) atoms. The number of nitrogens with one attached hydrogen (secondary N) is 1. The number of rotatable bonds is 2. The van der Waals surface area contributed by atoms with E-state index in [1.807, 2.05) is 0 Å². The van der Waals surface area contributed by atoms with E-state index in [0.717, 1.165) is 21.9 Å². The van der Waals surface area contributed by atoms with Gasteiger partial charge < -0.3 is 10.1 Å². The van der Waals surface area contributed by atoms with E-state index in [2.05, 4.69) is 15.3 Å². The van der Waals surface area contributed by atoms with Crippen molar-refractivity contribution in [3.8, 4) is 5.69 Å². The molecule has 1 atom stereocenters. The largest absolute Gasteiger partial charge is 0.442 e. The molecule has 0 spiro atoms. The monoisotopic (exact) mass is 537 g/mol. The molecule has 1 fully saturated rings. The Morgan fingerprint density at radius 1 is 1.16 bits per heavy atom. The van der Waals surface area contributed by atoms with Crippen LogP contribution in [0, 0.1) is 11.6 Å². The number of guanidine groups is 1. The number of ether oxygens (including phenoxy) is 1. The zero-order valence-corrected chi connectivity index (χ0v) is 21.1. The molecule has 0 saturated carbocycles. The quantitative estimate of drug-likeness (QED) is 0.450. The number of halogens is 5. The smallest absolute Gasteiger partial charge is 0.437 e. The van der Waals surface area contributed by atoms with Crippen molar-refractivity contribution in [3.63, 3.8) is 0 Å². The molecule has 0 bridgehead atoms. The van der Waals surface area contributed by atoms with Crippen LogP contribution in [-0.4, -0.2) is 45.1 Å². The number of imidazole rings is 1. The molecular formula is C25H24F5N5O3. The van der Waals surface area contributed by atoms with Crippen molar-refractivity contribution in [3.05, 3.63) is 59.4 Å². The van der Waals surface area contributed by atoms with Crippen molar-refractivity contribution in [2.24, 2.45) is 4.99 Å². The Morgan fingerprint density at radius 3 is 2.47 bits per heavy atom. The Labute approximate surface area is 214 Å². The fourth-order valence-corrected chi connectivity index (χ4v) is 4.22. The molecule has 4 rings (SSSR count). The summed E-state index contributed by atoms with van der Waals surface area (Å²) in [6, 6.07) is 5.65. The van der Waals surface area contributed by atoms with Crippen molar-refractivity contribution in [2.75, 3.05) is 7.05 Å². The maximum atomic E-state index is 16.0. The fraction of sp³-hybridized carbons (Fsp3) is 0.360. The fourth-order valence-electron chi connectivity index (χ4n) is 4.22. The van der Waals surface area contributed by atoms with E-state index in [-0.39, 0.29) is 29.1 Å². The maximum absolute atomic E-state index is 16.0. The van der Waals surface area contributed by atoms with Gasteiger partial charge in [0.05, 0.1) is 28.7 Å². The summed E-state index contributed by atoms with van der Waals surface area (Å²) in [6.07, 6.45) is -5.36. The number of amides is 2. The van der Waals surface area contributed by atoms with Crippen LogP contribution in [-0.2, 0) is 21.2 Å². The second kappa shape index (κ2) is 9.07. The predicted molar refractivity (Wildman–Crippen MR) is 128 cm³/mol. The minimum Gasteiger partial charge on any atom is -0.442 e. The molecule has 0 unspecified atom stereocenters. The highest BCUT2D eigenvalue weighted by Crippen LogP contribution is 2.39. The molecular weight excluding hydrogens is 513 g/mol. The van der Waals surface area contributed by atoms with Gasteiger partial charge in [0.15, 0.2) is 5.82 Å². The van der Waals surface area contributed by atoms with Crippen LogP contribution in [0.5, 0.6) is 0 Å². The Hall–Kier alpha value is -4.03. The second-order valence-electron chi connectivity index (χ2n) is 10.0. The van der Waals surface area contributed by atoms with E-state index in [0.29, 0.717) is 6.07 Å². The topological polar surface area (TPSA) is 88.8 Å². The lowest BCUT2D eigenvalue weighted by atomic mass is 9.86. The van der Waals surface area contributed by atoms with Crippen LogP contribution >= 0.6 is 0 Å². The molecule has 1 N–H and O–H groups in total. The standard InChI is InChI=1S/C25H24F5N5O3/c1-23(2,3)38-22(37)32-21-33-24(4,11-17(36)34(21)5)13-7-6-8-16(19(13)27)35-12-31-15-10-9-14(26)18(20(15)35)25(28,29)30/h6-10,12H,11H2,1-5H3,(H,32,33,37)/t24-/m0/s1. The van der Waals surface area contributed by atoms with E-state index in [1.165, 1.54) is 32.2 Å². The first kappa shape index (κ1) is 27.0. The van der Waals surface area contributed by atoms with Crippen LogP contribution in [0.15, 0.2) is 41.7 Å². The van der Waals surface area contributed by atoms with Crippen LogP contribution in [0.2, 0.25) is 0 Å². The van der Waals surface area contributed by atoms with Crippen molar-refractivity contribution < 1.29 is 36.3 Å². The highest BCUT2D eigenvalue weighted by atomic mass is 19.4. The molecule has 1 aliphatic heterocycles. The first-order chi connectivity index (χ1) is 17.5. The van der Waals surface area contributed by atoms with Crippen LogP contribution in [0.25, 0.3) is 16.7 Å². The third-order valence-corrected chi connectivity index (χ3v) is 5.95. The van der Waals surface area contributed by atoms with Gasteiger partial charge in [-0.05, 0) is 45.9 Å². The van der Waals surface area contributed by atoms with Gasteiger partial charge in [-0.1, -0.05) is 12.1 Å². The summed E-state index contributed by atoms with van der Waals surface area (Å²) in [5.41, 5.74) is -5.18. The average molecular weight is 537 g/mol. The second-order valence-corrected chi connectivity index (χ2v) is 10.0. The van der Waals surface area contributed by atoms with E-state index < -0.39 is 52.0 Å². The Kier molecular flexibility index (Phi) is 6.44. The Morgan fingerprint density at radius 2 is 1.84 bits per heavy atom. The van der Waals surface area contributed by atoms with Crippen LogP contribution < -0.4 is 5.32 Å². The summed E-state index contributed by atoms with van der Waals surface area (Å²) in [5.74, 6) is -3.21. The summed E-state index contributed by atoms with van der Waals surface area (Å²) in [7, 11) is 1.37. The first-order valence-electron chi connectivity index (χ1n) is 11.4. The molecule has 8 nitrogen and oxygen atoms in total. The molecule has 2 heterocycles. The molecule has 0 radical (unpaired) electrons. The number of hydrogen-bond donors (Lipinski definition) is 1. The van der Waals surface area contributed by atoms with Gasteiger partial charge in [0.1, 0.15) is 23.3 Å². The molecule has 1 aliphatic rings. The van der Waals surface area contributed by atoms with Crippen LogP contribution in [0.4, 0.5) is 26.7 Å². The first-order valence-corrected chi connectivity index (χ1v) is 11.4. The van der Waals surface area contributed by atoms with E-state index in [9.17, 15) is 27.2 Å². The molecule has 2 aromatic carbocycles. The number of carbonyl (C=O) groups is 2. The van der Waals surface area contributed by atoms with Gasteiger partial charge in [-0.15, -0.1) is 4.99 Å². The van der Waals surface area contributed by atoms with Crippen LogP contribution in [0.1, 0.15) is 45.2 Å². The van der Waals surface area contributed by atoms with Gasteiger partial charge in [0.25, 0.3) is 0 Å². The Bertz CT molecular complexity index is 1470. The zero-order valence-electron chi connectivity index (χ0n) is 21.1. The van der Waals surface area contributed by atoms with Gasteiger partial charge in [-0.3, -0.25) is 14.3 Å². The number of aliphatic imine (C=N–C) groups is 1. The molecule has 3 aromatic rings. The number of nitrogens with zero attached hydrogens (tertiary/aromatic N) is 4. The number of aromatic nitrogens is 2. The summed E-state index contributed by atoms with van der Waals surface area (Å²) in [4.78, 5) is 33.9. The lowest BCUT2D eigenvalue weighted by molar-refractivity contribution is -0.138. The number of carbonyl (C=O) groups excluding carboxylic acids is 2. The predicted octanol–water partition coefficient (Wildman–Crippen LogP) is 5.28. The van der Waals surface area contributed by atoms with Gasteiger partial charge in [0.2, 0.25) is 11.9 Å². The molecule has 0 aliphatic carbocycles. The molecule has 1 saturated heterocycles. The number of alkyl halides is 3. The maximum Gasteiger partial charge on any atom is 0.437 e. The van der Waals surface area contributed by atoms with Gasteiger partial charge in [-0.2, -0.15) is 13.2 Å². The SMILES string of the molecule is CN1C(=O)C[C@@](C)(c2cccc(-n3cnc4ccc(F)c(C(F)(F)F)c43)c2F)N/C1=N\C(=O)OC(C)(C)C. The third-order valence-electron chi connectivity index (χ3n) is 5.95. The number of benzene rings is 2. The highest BCUT2D eigenvalue weighted by molar-refractivity contribution is 6.03. The van der Waals surface area contributed by atoms with Crippen molar-refractivity contribution >= 4 is 29.0 Å². The van der Waals surface area contributed by atoms with E-state index in [4.69, 9.17) is 4.74 Å². The minimum absolute atomic E-state index is 0.0971. The molecule has 2 amide bonds. The van der Waals surface area contributed by atoms with Gasteiger partial charge in [-0.25, -0.2) is 18.6 Å². The van der Waals surface area contributed by atoms with Crippen molar-refractivity contribution in [1.82, 2.24) is 19.8 Å². The van der Waals surface area contributed by atoms with E-state index in [1.54, 1.807) is 20.8 Å². The molecule has 202 valence electrons. The van der Waals surface area contributed by atoms with Crippen LogP contribution in [0.3, 0.4) is 0 Å².